The molecule has 94 valence electrons. The zero-order valence-corrected chi connectivity index (χ0v) is 11.3. The van der Waals surface area contributed by atoms with Crippen LogP contribution in [0.4, 0.5) is 0 Å². The largest absolute Gasteiger partial charge is 0.310 e. The van der Waals surface area contributed by atoms with Gasteiger partial charge < -0.3 is 5.32 Å². The van der Waals surface area contributed by atoms with E-state index in [0.29, 0.717) is 6.42 Å². The number of rotatable bonds is 4. The predicted molar refractivity (Wildman–Crippen MR) is 76.8 cm³/mol. The lowest BCUT2D eigenvalue weighted by molar-refractivity contribution is -0.112. The molecule has 2 rings (SSSR count). The number of fused-ring (bicyclic) bond motifs is 1. The lowest BCUT2D eigenvalue weighted by atomic mass is 10.0. The molecular formula is C14H16N2OS. The quantitative estimate of drug-likeness (QED) is 0.915. The third-order valence-electron chi connectivity index (χ3n) is 2.99. The van der Waals surface area contributed by atoms with Gasteiger partial charge in [-0.1, -0.05) is 30.0 Å². The summed E-state index contributed by atoms with van der Waals surface area (Å²) in [6.45, 7) is 0. The van der Waals surface area contributed by atoms with Crippen LogP contribution < -0.4 is 5.32 Å². The molecule has 4 heteroatoms. The molecule has 0 saturated carbocycles. The first-order valence-electron chi connectivity index (χ1n) is 5.84. The van der Waals surface area contributed by atoms with Crippen molar-refractivity contribution in [2.24, 2.45) is 0 Å². The standard InChI is InChI=1S/C14H16N2OS/c1-15-13(14(17)18-2)9-10-5-3-7-12-11(10)6-4-8-16-12/h3-8,13,15H,9H2,1-2H3/t13-/m0/s1. The maximum Gasteiger partial charge on any atom is 0.205 e. The number of benzene rings is 1. The van der Waals surface area contributed by atoms with Gasteiger partial charge in [-0.3, -0.25) is 9.78 Å². The number of pyridine rings is 1. The number of hydrogen-bond acceptors (Lipinski definition) is 4. The van der Waals surface area contributed by atoms with E-state index in [0.717, 1.165) is 16.5 Å². The van der Waals surface area contributed by atoms with Crippen molar-refractivity contribution in [1.29, 1.82) is 0 Å². The molecule has 3 nitrogen and oxygen atoms in total. The molecule has 0 radical (unpaired) electrons. The minimum atomic E-state index is -0.147. The van der Waals surface area contributed by atoms with Crippen molar-refractivity contribution < 1.29 is 4.79 Å². The summed E-state index contributed by atoms with van der Waals surface area (Å²) in [5.41, 5.74) is 2.13. The average molecular weight is 260 g/mol. The fourth-order valence-corrected chi connectivity index (χ4v) is 2.50. The molecule has 1 aromatic carbocycles. The molecule has 1 N–H and O–H groups in total. The molecule has 0 unspecified atom stereocenters. The van der Waals surface area contributed by atoms with E-state index in [4.69, 9.17) is 0 Å². The fraction of sp³-hybridized carbons (Fsp3) is 0.286. The van der Waals surface area contributed by atoms with Crippen molar-refractivity contribution in [3.05, 3.63) is 42.1 Å². The molecule has 0 aliphatic heterocycles. The van der Waals surface area contributed by atoms with Gasteiger partial charge in [0.05, 0.1) is 11.6 Å². The van der Waals surface area contributed by atoms with Crippen LogP contribution in [0, 0.1) is 0 Å². The molecule has 18 heavy (non-hydrogen) atoms. The van der Waals surface area contributed by atoms with Gasteiger partial charge in [0.15, 0.2) is 0 Å². The minimum Gasteiger partial charge on any atom is -0.310 e. The number of thioether (sulfide) groups is 1. The Kier molecular flexibility index (Phi) is 4.33. The van der Waals surface area contributed by atoms with Crippen LogP contribution in [0.15, 0.2) is 36.5 Å². The molecule has 0 aliphatic carbocycles. The van der Waals surface area contributed by atoms with Crippen LogP contribution in [0.25, 0.3) is 10.9 Å². The van der Waals surface area contributed by atoms with Gasteiger partial charge in [-0.25, -0.2) is 0 Å². The average Bonchev–Trinajstić information content (AvgIpc) is 2.44. The highest BCUT2D eigenvalue weighted by Crippen LogP contribution is 2.19. The van der Waals surface area contributed by atoms with E-state index in [2.05, 4.69) is 16.4 Å². The second kappa shape index (κ2) is 5.98. The van der Waals surface area contributed by atoms with Crippen molar-refractivity contribution in [3.8, 4) is 0 Å². The Balaban J connectivity index is 2.33. The number of likely N-dealkylation sites (N-methyl/N-ethyl adjacent to an activating group) is 1. The molecule has 0 spiro atoms. The van der Waals surface area contributed by atoms with E-state index < -0.39 is 0 Å². The molecular weight excluding hydrogens is 244 g/mol. The van der Waals surface area contributed by atoms with Gasteiger partial charge in [0.25, 0.3) is 0 Å². The number of carbonyl (C=O) groups excluding carboxylic acids is 1. The van der Waals surface area contributed by atoms with Gasteiger partial charge in [-0.2, -0.15) is 0 Å². The number of hydrogen-bond donors (Lipinski definition) is 1. The van der Waals surface area contributed by atoms with Gasteiger partial charge in [0.1, 0.15) is 0 Å². The second-order valence-corrected chi connectivity index (χ2v) is 4.87. The maximum atomic E-state index is 11.8. The fourth-order valence-electron chi connectivity index (χ4n) is 2.01. The summed E-state index contributed by atoms with van der Waals surface area (Å²) in [5, 5.41) is 4.36. The van der Waals surface area contributed by atoms with Crippen molar-refractivity contribution in [3.63, 3.8) is 0 Å². The van der Waals surface area contributed by atoms with E-state index >= 15 is 0 Å². The summed E-state index contributed by atoms with van der Waals surface area (Å²) in [6, 6.07) is 9.86. The van der Waals surface area contributed by atoms with Crippen LogP contribution in [-0.2, 0) is 11.2 Å². The summed E-state index contributed by atoms with van der Waals surface area (Å²) in [5.74, 6) is 0. The molecule has 1 heterocycles. The lowest BCUT2D eigenvalue weighted by Crippen LogP contribution is -2.34. The van der Waals surface area contributed by atoms with Crippen molar-refractivity contribution in [2.75, 3.05) is 13.3 Å². The molecule has 0 fully saturated rings. The molecule has 0 saturated heterocycles. The highest BCUT2D eigenvalue weighted by molar-refractivity contribution is 8.13. The Labute approximate surface area is 111 Å². The van der Waals surface area contributed by atoms with Crippen LogP contribution >= 0.6 is 11.8 Å². The van der Waals surface area contributed by atoms with Crippen LogP contribution in [-0.4, -0.2) is 29.4 Å². The zero-order chi connectivity index (χ0) is 13.0. The van der Waals surface area contributed by atoms with E-state index in [-0.39, 0.29) is 11.2 Å². The summed E-state index contributed by atoms with van der Waals surface area (Å²) < 4.78 is 0. The molecule has 2 aromatic rings. The first-order chi connectivity index (χ1) is 8.76. The van der Waals surface area contributed by atoms with Crippen molar-refractivity contribution >= 4 is 27.8 Å². The van der Waals surface area contributed by atoms with E-state index in [1.165, 1.54) is 11.8 Å². The summed E-state index contributed by atoms with van der Waals surface area (Å²) in [6.07, 6.45) is 4.30. The highest BCUT2D eigenvalue weighted by Gasteiger charge is 2.16. The van der Waals surface area contributed by atoms with Crippen molar-refractivity contribution in [1.82, 2.24) is 10.3 Å². The number of nitrogens with one attached hydrogen (secondary N) is 1. The normalized spacial score (nSPS) is 12.6. The Morgan fingerprint density at radius 1 is 1.39 bits per heavy atom. The molecule has 0 bridgehead atoms. The molecule has 1 atom stereocenters. The Hall–Kier alpha value is -1.39. The number of aromatic nitrogens is 1. The first kappa shape index (κ1) is 13.1. The van der Waals surface area contributed by atoms with E-state index in [9.17, 15) is 4.79 Å². The van der Waals surface area contributed by atoms with Crippen LogP contribution in [0.3, 0.4) is 0 Å². The smallest absolute Gasteiger partial charge is 0.205 e. The summed E-state index contributed by atoms with van der Waals surface area (Å²) in [4.78, 5) is 16.1. The Bertz CT molecular complexity index is 551. The first-order valence-corrected chi connectivity index (χ1v) is 7.06. The predicted octanol–water partition coefficient (Wildman–Crippen LogP) is 2.25. The Morgan fingerprint density at radius 3 is 2.94 bits per heavy atom. The molecule has 0 aliphatic rings. The monoisotopic (exact) mass is 260 g/mol. The number of nitrogens with zero attached hydrogens (tertiary/aromatic N) is 1. The SMILES string of the molecule is CN[C@@H](Cc1cccc2ncccc12)C(=O)SC. The summed E-state index contributed by atoms with van der Waals surface area (Å²) in [7, 11) is 1.82. The van der Waals surface area contributed by atoms with Gasteiger partial charge >= 0.3 is 0 Å². The Morgan fingerprint density at radius 2 is 2.22 bits per heavy atom. The third kappa shape index (κ3) is 2.71. The van der Waals surface area contributed by atoms with E-state index in [1.54, 1.807) is 6.20 Å². The third-order valence-corrected chi connectivity index (χ3v) is 3.68. The van der Waals surface area contributed by atoms with Crippen LogP contribution in [0.5, 0.6) is 0 Å². The maximum absolute atomic E-state index is 11.8. The molecule has 0 amide bonds. The van der Waals surface area contributed by atoms with Gasteiger partial charge in [-0.05, 0) is 37.4 Å². The number of carbonyl (C=O) groups is 1. The van der Waals surface area contributed by atoms with Gasteiger partial charge in [-0.15, -0.1) is 0 Å². The van der Waals surface area contributed by atoms with Crippen molar-refractivity contribution in [2.45, 2.75) is 12.5 Å². The van der Waals surface area contributed by atoms with Crippen LogP contribution in [0.2, 0.25) is 0 Å². The van der Waals surface area contributed by atoms with E-state index in [1.807, 2.05) is 37.6 Å². The second-order valence-electron chi connectivity index (χ2n) is 4.06. The zero-order valence-electron chi connectivity index (χ0n) is 10.5. The molecule has 1 aromatic heterocycles. The van der Waals surface area contributed by atoms with Gasteiger partial charge in [0, 0.05) is 11.6 Å². The highest BCUT2D eigenvalue weighted by atomic mass is 32.2. The van der Waals surface area contributed by atoms with Gasteiger partial charge in [0.2, 0.25) is 5.12 Å². The topological polar surface area (TPSA) is 42.0 Å². The lowest BCUT2D eigenvalue weighted by Gasteiger charge is -2.14. The minimum absolute atomic E-state index is 0.147. The van der Waals surface area contributed by atoms with Crippen LogP contribution in [0.1, 0.15) is 5.56 Å². The summed E-state index contributed by atoms with van der Waals surface area (Å²) >= 11 is 1.27.